The van der Waals surface area contributed by atoms with Crippen molar-refractivity contribution in [3.8, 4) is 5.75 Å². The highest BCUT2D eigenvalue weighted by atomic mass is 16.5. The van der Waals surface area contributed by atoms with E-state index >= 15 is 0 Å². The predicted octanol–water partition coefficient (Wildman–Crippen LogP) is 4.68. The van der Waals surface area contributed by atoms with Gasteiger partial charge in [0.1, 0.15) is 11.9 Å². The van der Waals surface area contributed by atoms with Gasteiger partial charge in [0.2, 0.25) is 5.91 Å². The fourth-order valence-electron chi connectivity index (χ4n) is 5.05. The highest BCUT2D eigenvalue weighted by Crippen LogP contribution is 2.29. The number of carbonyl (C=O) groups is 3. The van der Waals surface area contributed by atoms with Crippen LogP contribution in [0.1, 0.15) is 33.3 Å². The maximum Gasteiger partial charge on any atom is 0.321 e. The molecule has 0 spiro atoms. The molecule has 0 bridgehead atoms. The predicted molar refractivity (Wildman–Crippen MR) is 165 cm³/mol. The number of nitrogens with zero attached hydrogens (tertiary/aromatic N) is 2. The Balaban J connectivity index is 1.58. The maximum absolute atomic E-state index is 13.4. The summed E-state index contributed by atoms with van der Waals surface area (Å²) in [5.41, 5.74) is 1.86. The van der Waals surface area contributed by atoms with E-state index in [-0.39, 0.29) is 49.5 Å². The molecule has 0 unspecified atom stereocenters. The molecule has 0 aliphatic carbocycles. The quantitative estimate of drug-likeness (QED) is 0.326. The summed E-state index contributed by atoms with van der Waals surface area (Å²) in [4.78, 5) is 42.3. The van der Waals surface area contributed by atoms with Crippen LogP contribution in [0.4, 0.5) is 21.0 Å². The largest absolute Gasteiger partial charge is 0.488 e. The maximum atomic E-state index is 13.4. The fourth-order valence-corrected chi connectivity index (χ4v) is 5.05. The Morgan fingerprint density at radius 3 is 2.55 bits per heavy atom. The zero-order valence-electron chi connectivity index (χ0n) is 24.9. The van der Waals surface area contributed by atoms with Crippen molar-refractivity contribution in [3.63, 3.8) is 0 Å². The number of ether oxygens (including phenoxy) is 1. The summed E-state index contributed by atoms with van der Waals surface area (Å²) in [6, 6.07) is 17.8. The number of nitrogens with one attached hydrogen (secondary N) is 3. The molecule has 42 heavy (non-hydrogen) atoms. The number of aliphatic hydroxyl groups excluding tert-OH is 1. The van der Waals surface area contributed by atoms with Crippen molar-refractivity contribution in [2.24, 2.45) is 5.92 Å². The van der Waals surface area contributed by atoms with Crippen molar-refractivity contribution in [1.82, 2.24) is 15.1 Å². The Bertz CT molecular complexity index is 1420. The van der Waals surface area contributed by atoms with Gasteiger partial charge in [-0.2, -0.15) is 0 Å². The van der Waals surface area contributed by atoms with Gasteiger partial charge in [0, 0.05) is 42.2 Å². The highest BCUT2D eigenvalue weighted by Gasteiger charge is 2.32. The third kappa shape index (κ3) is 7.50. The first-order valence-corrected chi connectivity index (χ1v) is 14.3. The van der Waals surface area contributed by atoms with Crippen molar-refractivity contribution >= 4 is 40.1 Å². The van der Waals surface area contributed by atoms with Crippen LogP contribution in [0.5, 0.6) is 5.75 Å². The summed E-state index contributed by atoms with van der Waals surface area (Å²) < 4.78 is 6.51. The normalized spacial score (nSPS) is 17.8. The van der Waals surface area contributed by atoms with Crippen LogP contribution in [0.15, 0.2) is 60.7 Å². The van der Waals surface area contributed by atoms with Gasteiger partial charge in [-0.1, -0.05) is 43.3 Å². The lowest BCUT2D eigenvalue weighted by Gasteiger charge is -2.34. The van der Waals surface area contributed by atoms with Crippen LogP contribution in [0.25, 0.3) is 10.8 Å². The van der Waals surface area contributed by atoms with E-state index < -0.39 is 12.1 Å². The Labute approximate surface area is 247 Å². The van der Waals surface area contributed by atoms with E-state index in [0.717, 1.165) is 10.8 Å². The first-order chi connectivity index (χ1) is 20.0. The van der Waals surface area contributed by atoms with Crippen LogP contribution in [0, 0.1) is 5.92 Å². The first kappa shape index (κ1) is 30.6. The Morgan fingerprint density at radius 2 is 1.81 bits per heavy atom. The van der Waals surface area contributed by atoms with E-state index in [0.29, 0.717) is 29.2 Å². The van der Waals surface area contributed by atoms with Crippen LogP contribution in [-0.4, -0.2) is 77.8 Å². The van der Waals surface area contributed by atoms with Crippen LogP contribution < -0.4 is 20.7 Å². The second-order valence-electron chi connectivity index (χ2n) is 11.3. The number of anilines is 2. The molecule has 4 rings (SSSR count). The van der Waals surface area contributed by atoms with Gasteiger partial charge in [-0.05, 0) is 50.4 Å². The van der Waals surface area contributed by atoms with Gasteiger partial charge in [-0.3, -0.25) is 4.79 Å². The van der Waals surface area contributed by atoms with E-state index in [1.54, 1.807) is 42.0 Å². The second-order valence-corrected chi connectivity index (χ2v) is 11.3. The van der Waals surface area contributed by atoms with Gasteiger partial charge < -0.3 is 35.6 Å². The minimum absolute atomic E-state index is 0.0339. The molecular weight excluding hydrogens is 534 g/mol. The monoisotopic (exact) mass is 575 g/mol. The third-order valence-electron chi connectivity index (χ3n) is 7.43. The van der Waals surface area contributed by atoms with Gasteiger partial charge in [0.05, 0.1) is 31.3 Å². The molecule has 0 saturated heterocycles. The number of urea groups is 2. The van der Waals surface area contributed by atoms with E-state index in [1.807, 2.05) is 63.2 Å². The number of fused-ring (bicyclic) bond motifs is 2. The molecular formula is C32H41N5O5. The molecule has 1 heterocycles. The van der Waals surface area contributed by atoms with Crippen LogP contribution >= 0.6 is 0 Å². The molecule has 10 heteroatoms. The molecule has 1 aliphatic heterocycles. The lowest BCUT2D eigenvalue weighted by atomic mass is 10.0. The third-order valence-corrected chi connectivity index (χ3v) is 7.43. The lowest BCUT2D eigenvalue weighted by molar-refractivity contribution is -0.134. The van der Waals surface area contributed by atoms with Gasteiger partial charge in [0.25, 0.3) is 0 Å². The van der Waals surface area contributed by atoms with Crippen LogP contribution in [0.3, 0.4) is 0 Å². The van der Waals surface area contributed by atoms with Gasteiger partial charge >= 0.3 is 12.1 Å². The molecule has 0 aromatic heterocycles. The number of aliphatic hydroxyl groups is 1. The molecule has 3 aromatic carbocycles. The number of hydrogen-bond donors (Lipinski definition) is 4. The molecule has 0 radical (unpaired) electrons. The molecule has 3 aromatic rings. The van der Waals surface area contributed by atoms with Gasteiger partial charge in [0.15, 0.2) is 0 Å². The van der Waals surface area contributed by atoms with Gasteiger partial charge in [-0.25, -0.2) is 9.59 Å². The standard InChI is InChI=1S/C32H41N5O5/c1-20(2)33-31(40)34-25-13-14-28-24(15-25)16-30(39)37(22(4)19-38)17-21(3)29(42-28)18-36(5)32(41)35-27-12-8-10-23-9-6-7-11-26(23)27/h6-15,20-22,29,38H,16-19H2,1-5H3,(H,35,41)(H2,33,34,40)/t21-,22-,29+/m1/s1. The smallest absolute Gasteiger partial charge is 0.321 e. The zero-order valence-corrected chi connectivity index (χ0v) is 24.9. The highest BCUT2D eigenvalue weighted by molar-refractivity contribution is 6.01. The van der Waals surface area contributed by atoms with E-state index in [2.05, 4.69) is 16.0 Å². The average Bonchev–Trinajstić information content (AvgIpc) is 2.99. The molecule has 1 aliphatic rings. The molecule has 0 saturated carbocycles. The van der Waals surface area contributed by atoms with E-state index in [4.69, 9.17) is 4.74 Å². The van der Waals surface area contributed by atoms with Crippen molar-refractivity contribution in [2.75, 3.05) is 37.4 Å². The minimum Gasteiger partial charge on any atom is -0.488 e. The van der Waals surface area contributed by atoms with Gasteiger partial charge in [-0.15, -0.1) is 0 Å². The minimum atomic E-state index is -0.464. The summed E-state index contributed by atoms with van der Waals surface area (Å²) in [5, 5.41) is 20.5. The summed E-state index contributed by atoms with van der Waals surface area (Å²) >= 11 is 0. The Hall–Kier alpha value is -4.31. The van der Waals surface area contributed by atoms with Crippen LogP contribution in [-0.2, 0) is 11.2 Å². The van der Waals surface area contributed by atoms with Crippen molar-refractivity contribution in [3.05, 3.63) is 66.2 Å². The Kier molecular flexibility index (Phi) is 9.90. The fraction of sp³-hybridized carbons (Fsp3) is 0.406. The zero-order chi connectivity index (χ0) is 30.4. The molecule has 4 N–H and O–H groups in total. The molecule has 3 atom stereocenters. The van der Waals surface area contributed by atoms with Crippen molar-refractivity contribution < 1.29 is 24.2 Å². The number of hydrogen-bond acceptors (Lipinski definition) is 5. The van der Waals surface area contributed by atoms with Crippen LogP contribution in [0.2, 0.25) is 0 Å². The number of amides is 5. The Morgan fingerprint density at radius 1 is 1.07 bits per heavy atom. The summed E-state index contributed by atoms with van der Waals surface area (Å²) in [7, 11) is 1.71. The summed E-state index contributed by atoms with van der Waals surface area (Å²) in [6.45, 7) is 7.94. The van der Waals surface area contributed by atoms with Crippen molar-refractivity contribution in [2.45, 2.75) is 52.3 Å². The average molecular weight is 576 g/mol. The number of carbonyl (C=O) groups excluding carboxylic acids is 3. The molecule has 224 valence electrons. The first-order valence-electron chi connectivity index (χ1n) is 14.3. The summed E-state index contributed by atoms with van der Waals surface area (Å²) in [5.74, 6) is 0.187. The van der Waals surface area contributed by atoms with Crippen molar-refractivity contribution in [1.29, 1.82) is 0 Å². The molecule has 10 nitrogen and oxygen atoms in total. The van der Waals surface area contributed by atoms with E-state index in [1.165, 1.54) is 0 Å². The number of benzene rings is 3. The second kappa shape index (κ2) is 13.6. The molecule has 5 amide bonds. The number of likely N-dealkylation sites (N-methyl/N-ethyl adjacent to an activating group) is 1. The molecule has 0 fully saturated rings. The van der Waals surface area contributed by atoms with E-state index in [9.17, 15) is 19.5 Å². The number of rotatable bonds is 7. The summed E-state index contributed by atoms with van der Waals surface area (Å²) in [6.07, 6.45) is -0.424. The topological polar surface area (TPSA) is 123 Å². The lowest BCUT2D eigenvalue weighted by Crippen LogP contribution is -2.48. The SMILES string of the molecule is CC(C)NC(=O)Nc1ccc2c(c1)CC(=O)N([C@H](C)CO)C[C@@H](C)[C@H](CN(C)C(=O)Nc1cccc3ccccc13)O2.